The van der Waals surface area contributed by atoms with E-state index in [4.69, 9.17) is 21.3 Å². The molecular formula is C16H24ClN3O. The number of nitrogens with zero attached hydrogens (tertiary/aromatic N) is 3. The molecule has 2 aromatic rings. The predicted molar refractivity (Wildman–Crippen MR) is 88.3 cm³/mol. The van der Waals surface area contributed by atoms with Crippen LogP contribution in [0.3, 0.4) is 0 Å². The van der Waals surface area contributed by atoms with Crippen molar-refractivity contribution < 1.29 is 4.74 Å². The summed E-state index contributed by atoms with van der Waals surface area (Å²) in [6.07, 6.45) is 0. The second-order valence-electron chi connectivity index (χ2n) is 5.93. The number of fused-ring (bicyclic) bond motifs is 1. The number of hydrogen-bond donors (Lipinski definition) is 0. The van der Waals surface area contributed by atoms with Gasteiger partial charge in [0.15, 0.2) is 0 Å². The average Bonchev–Trinajstić information content (AvgIpc) is 2.82. The minimum Gasteiger partial charge on any atom is -0.494 e. The molecule has 0 spiro atoms. The van der Waals surface area contributed by atoms with Crippen LogP contribution in [0.2, 0.25) is 0 Å². The highest BCUT2D eigenvalue weighted by molar-refractivity contribution is 6.16. The maximum atomic E-state index is 6.15. The summed E-state index contributed by atoms with van der Waals surface area (Å²) < 4.78 is 7.71. The van der Waals surface area contributed by atoms with Crippen LogP contribution >= 0.6 is 11.6 Å². The molecule has 4 nitrogen and oxygen atoms in total. The van der Waals surface area contributed by atoms with Crippen molar-refractivity contribution in [1.82, 2.24) is 14.5 Å². The molecule has 1 heterocycles. The van der Waals surface area contributed by atoms with Gasteiger partial charge in [0.25, 0.3) is 0 Å². The highest BCUT2D eigenvalue weighted by atomic mass is 35.5. The van der Waals surface area contributed by atoms with E-state index in [0.717, 1.165) is 29.2 Å². The third kappa shape index (κ3) is 3.16. The molecule has 5 heteroatoms. The van der Waals surface area contributed by atoms with Crippen LogP contribution in [0, 0.1) is 5.92 Å². The van der Waals surface area contributed by atoms with Gasteiger partial charge in [0.1, 0.15) is 17.1 Å². The molecule has 21 heavy (non-hydrogen) atoms. The van der Waals surface area contributed by atoms with Gasteiger partial charge in [-0.15, -0.1) is 11.6 Å². The molecule has 0 aliphatic rings. The monoisotopic (exact) mass is 309 g/mol. The zero-order valence-electron chi connectivity index (χ0n) is 13.4. The van der Waals surface area contributed by atoms with Crippen LogP contribution in [0.1, 0.15) is 25.7 Å². The Kier molecular flexibility index (Phi) is 5.12. The first-order valence-electron chi connectivity index (χ1n) is 7.24. The van der Waals surface area contributed by atoms with Crippen molar-refractivity contribution in [1.29, 1.82) is 0 Å². The van der Waals surface area contributed by atoms with Crippen LogP contribution in [0.5, 0.6) is 5.75 Å². The third-order valence-corrected chi connectivity index (χ3v) is 3.99. The van der Waals surface area contributed by atoms with E-state index >= 15 is 0 Å². The smallest absolute Gasteiger partial charge is 0.146 e. The summed E-state index contributed by atoms with van der Waals surface area (Å²) in [5.74, 6) is 2.58. The van der Waals surface area contributed by atoms with Gasteiger partial charge in [-0.3, -0.25) is 0 Å². The van der Waals surface area contributed by atoms with Gasteiger partial charge < -0.3 is 14.2 Å². The van der Waals surface area contributed by atoms with E-state index in [9.17, 15) is 0 Å². The topological polar surface area (TPSA) is 30.3 Å². The van der Waals surface area contributed by atoms with Crippen LogP contribution in [0.4, 0.5) is 0 Å². The summed E-state index contributed by atoms with van der Waals surface area (Å²) in [4.78, 5) is 6.90. The Morgan fingerprint density at radius 1 is 1.33 bits per heavy atom. The van der Waals surface area contributed by atoms with Crippen LogP contribution in [-0.2, 0) is 5.88 Å². The van der Waals surface area contributed by atoms with Crippen LogP contribution in [0.15, 0.2) is 18.2 Å². The van der Waals surface area contributed by atoms with Crippen molar-refractivity contribution >= 4 is 22.6 Å². The zero-order valence-corrected chi connectivity index (χ0v) is 14.2. The van der Waals surface area contributed by atoms with Crippen molar-refractivity contribution in [3.8, 4) is 5.75 Å². The lowest BCUT2D eigenvalue weighted by Gasteiger charge is -2.28. The van der Waals surface area contributed by atoms with E-state index in [1.165, 1.54) is 0 Å². The number of rotatable bonds is 6. The number of imidazole rings is 1. The molecule has 2 rings (SSSR count). The fourth-order valence-corrected chi connectivity index (χ4v) is 2.92. The van der Waals surface area contributed by atoms with E-state index in [1.54, 1.807) is 7.11 Å². The molecule has 1 aromatic carbocycles. The first-order valence-corrected chi connectivity index (χ1v) is 7.77. The molecule has 0 saturated heterocycles. The summed E-state index contributed by atoms with van der Waals surface area (Å²) in [6.45, 7) is 5.42. The van der Waals surface area contributed by atoms with Gasteiger partial charge >= 0.3 is 0 Å². The molecule has 0 radical (unpaired) electrons. The van der Waals surface area contributed by atoms with Gasteiger partial charge in [0.05, 0.1) is 24.5 Å². The SMILES string of the molecule is COc1cccc2c1nc(CCl)n2C(CN(C)C)C(C)C. The van der Waals surface area contributed by atoms with E-state index in [2.05, 4.69) is 43.5 Å². The largest absolute Gasteiger partial charge is 0.494 e. The number of para-hydroxylation sites is 1. The highest BCUT2D eigenvalue weighted by Crippen LogP contribution is 2.31. The zero-order chi connectivity index (χ0) is 15.6. The van der Waals surface area contributed by atoms with Crippen molar-refractivity contribution in [3.63, 3.8) is 0 Å². The van der Waals surface area contributed by atoms with Crippen LogP contribution in [-0.4, -0.2) is 42.2 Å². The lowest BCUT2D eigenvalue weighted by Crippen LogP contribution is -2.29. The Morgan fingerprint density at radius 3 is 2.57 bits per heavy atom. The first-order chi connectivity index (χ1) is 9.99. The first kappa shape index (κ1) is 16.1. The van der Waals surface area contributed by atoms with Crippen LogP contribution < -0.4 is 4.74 Å². The van der Waals surface area contributed by atoms with E-state index in [1.807, 2.05) is 12.1 Å². The van der Waals surface area contributed by atoms with Crippen LogP contribution in [0.25, 0.3) is 11.0 Å². The number of ether oxygens (including phenoxy) is 1. The van der Waals surface area contributed by atoms with Gasteiger partial charge in [-0.1, -0.05) is 19.9 Å². The summed E-state index contributed by atoms with van der Waals surface area (Å²) in [6, 6.07) is 6.36. The molecule has 0 aliphatic carbocycles. The third-order valence-electron chi connectivity index (χ3n) is 3.75. The van der Waals surface area contributed by atoms with Crippen molar-refractivity contribution in [2.75, 3.05) is 27.7 Å². The molecule has 0 fully saturated rings. The van der Waals surface area contributed by atoms with Gasteiger partial charge in [0.2, 0.25) is 0 Å². The maximum Gasteiger partial charge on any atom is 0.146 e. The fourth-order valence-electron chi connectivity index (χ4n) is 2.73. The van der Waals surface area contributed by atoms with Gasteiger partial charge in [-0.05, 0) is 32.1 Å². The lowest BCUT2D eigenvalue weighted by molar-refractivity contribution is 0.270. The summed E-state index contributed by atoms with van der Waals surface area (Å²) in [5, 5.41) is 0. The molecule has 1 unspecified atom stereocenters. The lowest BCUT2D eigenvalue weighted by atomic mass is 10.0. The molecular weight excluding hydrogens is 286 g/mol. The Bertz CT molecular complexity index is 607. The fraction of sp³-hybridized carbons (Fsp3) is 0.562. The number of methoxy groups -OCH3 is 1. The molecule has 1 atom stereocenters. The van der Waals surface area contributed by atoms with Gasteiger partial charge in [-0.2, -0.15) is 0 Å². The van der Waals surface area contributed by atoms with Crippen molar-refractivity contribution in [2.45, 2.75) is 25.8 Å². The molecule has 0 bridgehead atoms. The minimum absolute atomic E-state index is 0.325. The van der Waals surface area contributed by atoms with E-state index in [0.29, 0.717) is 17.8 Å². The standard InChI is InChI=1S/C16H24ClN3O/c1-11(2)13(10-19(3)4)20-12-7-6-8-14(21-5)16(12)18-15(20)9-17/h6-8,11,13H,9-10H2,1-5H3. The molecule has 116 valence electrons. The Labute approximate surface area is 131 Å². The number of halogens is 1. The Morgan fingerprint density at radius 2 is 2.05 bits per heavy atom. The van der Waals surface area contributed by atoms with Gasteiger partial charge in [-0.25, -0.2) is 4.98 Å². The summed E-state index contributed by atoms with van der Waals surface area (Å²) in [5.41, 5.74) is 1.98. The molecule has 1 aromatic heterocycles. The average molecular weight is 310 g/mol. The minimum atomic E-state index is 0.325. The number of likely N-dealkylation sites (N-methyl/N-ethyl adjacent to an activating group) is 1. The number of benzene rings is 1. The summed E-state index contributed by atoms with van der Waals surface area (Å²) in [7, 11) is 5.86. The highest BCUT2D eigenvalue weighted by Gasteiger charge is 2.23. The summed E-state index contributed by atoms with van der Waals surface area (Å²) >= 11 is 6.15. The Hall–Kier alpha value is -1.26. The van der Waals surface area contributed by atoms with E-state index < -0.39 is 0 Å². The number of aromatic nitrogens is 2. The number of alkyl halides is 1. The quantitative estimate of drug-likeness (QED) is 0.765. The van der Waals surface area contributed by atoms with Crippen molar-refractivity contribution in [2.24, 2.45) is 5.92 Å². The van der Waals surface area contributed by atoms with Crippen molar-refractivity contribution in [3.05, 3.63) is 24.0 Å². The molecule has 0 amide bonds. The molecule has 0 aliphatic heterocycles. The second kappa shape index (κ2) is 6.67. The predicted octanol–water partition coefficient (Wildman–Crippen LogP) is 3.54. The number of hydrogen-bond acceptors (Lipinski definition) is 3. The normalized spacial score (nSPS) is 13.3. The second-order valence-corrected chi connectivity index (χ2v) is 6.20. The molecule has 0 saturated carbocycles. The Balaban J connectivity index is 2.64. The van der Waals surface area contributed by atoms with Gasteiger partial charge in [0, 0.05) is 6.54 Å². The molecule has 0 N–H and O–H groups in total. The van der Waals surface area contributed by atoms with E-state index in [-0.39, 0.29) is 0 Å². The maximum absolute atomic E-state index is 6.15.